The van der Waals surface area contributed by atoms with Gasteiger partial charge in [0.05, 0.1) is 37.5 Å². The Morgan fingerprint density at radius 3 is 2.61 bits per heavy atom. The number of nitro benzene ring substituents is 1. The SMILES string of the molecule is COc1ccc(C2COCCN2C(=O)Cn2cc(COc3ccc([N+](=O)[O-])cc3)nn2)cc1. The third kappa shape index (κ3) is 5.44. The smallest absolute Gasteiger partial charge is 0.269 e. The van der Waals surface area contributed by atoms with Crippen molar-refractivity contribution in [1.29, 1.82) is 0 Å². The van der Waals surface area contributed by atoms with Crippen molar-refractivity contribution < 1.29 is 23.9 Å². The molecule has 33 heavy (non-hydrogen) atoms. The lowest BCUT2D eigenvalue weighted by molar-refractivity contribution is -0.384. The van der Waals surface area contributed by atoms with E-state index in [4.69, 9.17) is 14.2 Å². The second kappa shape index (κ2) is 10.1. The molecule has 0 radical (unpaired) electrons. The molecule has 4 rings (SSSR count). The number of amides is 1. The number of methoxy groups -OCH3 is 1. The molecule has 0 spiro atoms. The number of benzene rings is 2. The number of aromatic nitrogens is 3. The van der Waals surface area contributed by atoms with E-state index < -0.39 is 4.92 Å². The summed E-state index contributed by atoms with van der Waals surface area (Å²) in [5, 5.41) is 18.8. The molecule has 1 atom stereocenters. The maximum Gasteiger partial charge on any atom is 0.269 e. The van der Waals surface area contributed by atoms with E-state index in [0.29, 0.717) is 31.2 Å². The molecule has 1 fully saturated rings. The molecule has 2 aromatic carbocycles. The van der Waals surface area contributed by atoms with Crippen LogP contribution in [0.4, 0.5) is 5.69 Å². The van der Waals surface area contributed by atoms with Gasteiger partial charge in [0, 0.05) is 18.7 Å². The van der Waals surface area contributed by atoms with Gasteiger partial charge in [0.2, 0.25) is 5.91 Å². The van der Waals surface area contributed by atoms with Crippen LogP contribution in [0.3, 0.4) is 0 Å². The van der Waals surface area contributed by atoms with Gasteiger partial charge in [-0.15, -0.1) is 5.10 Å². The summed E-state index contributed by atoms with van der Waals surface area (Å²) in [5.74, 6) is 1.13. The van der Waals surface area contributed by atoms with Crippen LogP contribution in [0.1, 0.15) is 17.3 Å². The summed E-state index contributed by atoms with van der Waals surface area (Å²) < 4.78 is 17.9. The Morgan fingerprint density at radius 2 is 1.91 bits per heavy atom. The minimum absolute atomic E-state index is 0.0112. The molecule has 1 aromatic heterocycles. The zero-order valence-corrected chi connectivity index (χ0v) is 18.0. The molecule has 0 bridgehead atoms. The molecule has 1 saturated heterocycles. The molecule has 0 N–H and O–H groups in total. The topological polar surface area (TPSA) is 122 Å². The Bertz CT molecular complexity index is 1100. The van der Waals surface area contributed by atoms with Crippen LogP contribution in [-0.4, -0.2) is 57.6 Å². The number of ether oxygens (including phenoxy) is 3. The third-order valence-corrected chi connectivity index (χ3v) is 5.27. The zero-order chi connectivity index (χ0) is 23.2. The highest BCUT2D eigenvalue weighted by atomic mass is 16.6. The van der Waals surface area contributed by atoms with Gasteiger partial charge in [-0.25, -0.2) is 4.68 Å². The summed E-state index contributed by atoms with van der Waals surface area (Å²) in [5.41, 5.74) is 1.50. The van der Waals surface area contributed by atoms with Crippen LogP contribution >= 0.6 is 0 Å². The van der Waals surface area contributed by atoms with Crippen LogP contribution in [0.2, 0.25) is 0 Å². The third-order valence-electron chi connectivity index (χ3n) is 5.27. The van der Waals surface area contributed by atoms with Crippen LogP contribution < -0.4 is 9.47 Å². The van der Waals surface area contributed by atoms with Crippen molar-refractivity contribution in [3.05, 3.63) is 76.1 Å². The zero-order valence-electron chi connectivity index (χ0n) is 18.0. The predicted octanol–water partition coefficient (Wildman–Crippen LogP) is 2.37. The summed E-state index contributed by atoms with van der Waals surface area (Å²) in [4.78, 5) is 25.1. The molecule has 1 amide bonds. The van der Waals surface area contributed by atoms with Gasteiger partial charge in [-0.3, -0.25) is 14.9 Å². The summed E-state index contributed by atoms with van der Waals surface area (Å²) in [7, 11) is 1.61. The van der Waals surface area contributed by atoms with Crippen molar-refractivity contribution >= 4 is 11.6 Å². The molecule has 172 valence electrons. The van der Waals surface area contributed by atoms with Crippen LogP contribution in [0.5, 0.6) is 11.5 Å². The van der Waals surface area contributed by atoms with Crippen molar-refractivity contribution in [3.63, 3.8) is 0 Å². The minimum atomic E-state index is -0.472. The highest BCUT2D eigenvalue weighted by Crippen LogP contribution is 2.26. The number of non-ortho nitro benzene ring substituents is 1. The Balaban J connectivity index is 1.36. The van der Waals surface area contributed by atoms with E-state index in [0.717, 1.165) is 11.3 Å². The van der Waals surface area contributed by atoms with Gasteiger partial charge >= 0.3 is 0 Å². The number of carbonyl (C=O) groups excluding carboxylic acids is 1. The van der Waals surface area contributed by atoms with E-state index in [1.807, 2.05) is 24.3 Å². The average Bonchev–Trinajstić information content (AvgIpc) is 3.30. The van der Waals surface area contributed by atoms with Crippen molar-refractivity contribution in [3.8, 4) is 11.5 Å². The normalized spacial score (nSPS) is 15.8. The van der Waals surface area contributed by atoms with Crippen molar-refractivity contribution in [2.45, 2.75) is 19.2 Å². The van der Waals surface area contributed by atoms with Gasteiger partial charge in [-0.05, 0) is 29.8 Å². The molecule has 2 heterocycles. The number of rotatable bonds is 8. The molecule has 1 aliphatic heterocycles. The first-order valence-corrected chi connectivity index (χ1v) is 10.3. The molecule has 1 unspecified atom stereocenters. The molecule has 0 aliphatic carbocycles. The Hall–Kier alpha value is -3.99. The molecule has 11 heteroatoms. The van der Waals surface area contributed by atoms with E-state index in [1.54, 1.807) is 18.2 Å². The van der Waals surface area contributed by atoms with E-state index in [9.17, 15) is 14.9 Å². The number of carbonyl (C=O) groups is 1. The molecule has 1 aliphatic rings. The second-order valence-corrected chi connectivity index (χ2v) is 7.40. The van der Waals surface area contributed by atoms with Crippen molar-refractivity contribution in [1.82, 2.24) is 19.9 Å². The van der Waals surface area contributed by atoms with Gasteiger partial charge in [-0.1, -0.05) is 17.3 Å². The Morgan fingerprint density at radius 1 is 1.18 bits per heavy atom. The fraction of sp³-hybridized carbons (Fsp3) is 0.318. The number of nitrogens with zero attached hydrogens (tertiary/aromatic N) is 5. The Kier molecular flexibility index (Phi) is 6.79. The van der Waals surface area contributed by atoms with Crippen molar-refractivity contribution in [2.24, 2.45) is 0 Å². The van der Waals surface area contributed by atoms with E-state index in [2.05, 4.69) is 10.3 Å². The monoisotopic (exact) mass is 453 g/mol. The first-order valence-electron chi connectivity index (χ1n) is 10.3. The quantitative estimate of drug-likeness (QED) is 0.376. The highest BCUT2D eigenvalue weighted by Gasteiger charge is 2.29. The fourth-order valence-electron chi connectivity index (χ4n) is 3.54. The first kappa shape index (κ1) is 22.2. The summed E-state index contributed by atoms with van der Waals surface area (Å²) in [6.45, 7) is 1.55. The molecular weight excluding hydrogens is 430 g/mol. The van der Waals surface area contributed by atoms with Gasteiger partial charge in [0.15, 0.2) is 0 Å². The average molecular weight is 453 g/mol. The first-order chi connectivity index (χ1) is 16.0. The highest BCUT2D eigenvalue weighted by molar-refractivity contribution is 5.76. The second-order valence-electron chi connectivity index (χ2n) is 7.40. The number of nitro groups is 1. The Labute approximate surface area is 189 Å². The lowest BCUT2D eigenvalue weighted by Crippen LogP contribution is -2.44. The van der Waals surface area contributed by atoms with Gasteiger partial charge in [-0.2, -0.15) is 0 Å². The summed E-state index contributed by atoms with van der Waals surface area (Å²) >= 11 is 0. The summed E-state index contributed by atoms with van der Waals surface area (Å²) in [6, 6.07) is 13.2. The molecule has 0 saturated carbocycles. The number of morpholine rings is 1. The van der Waals surface area contributed by atoms with E-state index in [1.165, 1.54) is 28.9 Å². The van der Waals surface area contributed by atoms with E-state index >= 15 is 0 Å². The fourth-order valence-corrected chi connectivity index (χ4v) is 3.54. The molecular formula is C22H23N5O6. The lowest BCUT2D eigenvalue weighted by Gasteiger charge is -2.36. The lowest BCUT2D eigenvalue weighted by atomic mass is 10.0. The number of hydrogen-bond acceptors (Lipinski definition) is 8. The van der Waals surface area contributed by atoms with Crippen LogP contribution in [0.15, 0.2) is 54.7 Å². The van der Waals surface area contributed by atoms with Crippen molar-refractivity contribution in [2.75, 3.05) is 26.9 Å². The molecule has 3 aromatic rings. The maximum atomic E-state index is 13.0. The van der Waals surface area contributed by atoms with Crippen LogP contribution in [0.25, 0.3) is 0 Å². The maximum absolute atomic E-state index is 13.0. The standard InChI is InChI=1S/C22H23N5O6/c1-31-19-6-2-16(3-7-19)21-15-32-11-10-26(21)22(28)13-25-12-17(23-24-25)14-33-20-8-4-18(5-9-20)27(29)30/h2-9,12,21H,10-11,13-15H2,1H3. The van der Waals surface area contributed by atoms with Gasteiger partial charge in [0.1, 0.15) is 30.3 Å². The molecule has 11 nitrogen and oxygen atoms in total. The predicted molar refractivity (Wildman–Crippen MR) is 116 cm³/mol. The van der Waals surface area contributed by atoms with E-state index in [-0.39, 0.29) is 30.8 Å². The van der Waals surface area contributed by atoms with Gasteiger partial charge < -0.3 is 19.1 Å². The largest absolute Gasteiger partial charge is 0.497 e. The van der Waals surface area contributed by atoms with Crippen LogP contribution in [0, 0.1) is 10.1 Å². The summed E-state index contributed by atoms with van der Waals surface area (Å²) in [6.07, 6.45) is 1.64. The van der Waals surface area contributed by atoms with Gasteiger partial charge in [0.25, 0.3) is 5.69 Å². The number of hydrogen-bond donors (Lipinski definition) is 0. The van der Waals surface area contributed by atoms with Crippen LogP contribution in [-0.2, 0) is 22.7 Å². The minimum Gasteiger partial charge on any atom is -0.497 e.